The number of halogens is 2. The summed E-state index contributed by atoms with van der Waals surface area (Å²) in [6, 6.07) is 96.8. The van der Waals surface area contributed by atoms with Crippen LogP contribution in [0, 0.1) is 35.5 Å². The second kappa shape index (κ2) is 47.2. The molecule has 5 aliphatic carbocycles. The quantitative estimate of drug-likeness (QED) is 0.0296. The van der Waals surface area contributed by atoms with Gasteiger partial charge in [0, 0.05) is 20.0 Å². The molecule has 3 amide bonds. The third-order valence-electron chi connectivity index (χ3n) is 22.9. The van der Waals surface area contributed by atoms with Gasteiger partial charge in [-0.1, -0.05) is 193 Å². The fraction of sp³-hybridized carbons (Fsp3) is 0.286. The summed E-state index contributed by atoms with van der Waals surface area (Å²) in [4.78, 5) is 84.2. The van der Waals surface area contributed by atoms with Gasteiger partial charge in [0.1, 0.15) is 36.8 Å². The molecule has 0 aromatic heterocycles. The largest absolute Gasteiger partial charge is 0.481 e. The smallest absolute Gasteiger partial charge is 0.307 e. The van der Waals surface area contributed by atoms with Crippen molar-refractivity contribution in [3.05, 3.63) is 348 Å². The Kier molecular flexibility index (Phi) is 36.0. The Labute approximate surface area is 746 Å². The molecule has 10 aromatic rings. The van der Waals surface area contributed by atoms with Gasteiger partial charge in [0.25, 0.3) is 5.91 Å². The van der Waals surface area contributed by atoms with E-state index in [2.05, 4.69) is 188 Å². The molecule has 2 atom stereocenters. The summed E-state index contributed by atoms with van der Waals surface area (Å²) in [6.45, 7) is 11.1. The van der Waals surface area contributed by atoms with Crippen molar-refractivity contribution in [3.8, 4) is 11.5 Å². The monoisotopic (exact) mass is 1740 g/mol. The third-order valence-corrected chi connectivity index (χ3v) is 30.1. The first-order valence-corrected chi connectivity index (χ1v) is 46.1. The number of carboxylic acid groups (broad SMARTS) is 1. The number of aliphatic carboxylic acids is 1. The number of rotatable bonds is 19. The van der Waals surface area contributed by atoms with Crippen molar-refractivity contribution >= 4 is 117 Å². The molecule has 0 spiro atoms. The molecule has 7 aliphatic rings. The molecule has 0 bridgehead atoms. The van der Waals surface area contributed by atoms with Crippen LogP contribution in [0.2, 0.25) is 0 Å². The average Bonchev–Trinajstić information content (AvgIpc) is 1.10. The minimum atomic E-state index is -3.21. The molecule has 2 aliphatic heterocycles. The molecular weight excluding hydrogens is 1630 g/mol. The molecule has 4 N–H and O–H groups in total. The van der Waals surface area contributed by atoms with Gasteiger partial charge < -0.3 is 49.6 Å². The van der Waals surface area contributed by atoms with Gasteiger partial charge in [-0.05, 0) is 144 Å². The van der Waals surface area contributed by atoms with E-state index < -0.39 is 24.0 Å². The van der Waals surface area contributed by atoms with E-state index in [1.165, 1.54) is 59.8 Å². The summed E-state index contributed by atoms with van der Waals surface area (Å²) in [5, 5.41) is 15.2. The van der Waals surface area contributed by atoms with E-state index in [0.29, 0.717) is 50.1 Å². The Hall–Kier alpha value is -12.0. The van der Waals surface area contributed by atoms with Crippen molar-refractivity contribution in [1.29, 1.82) is 0 Å². The maximum atomic E-state index is 12.7. The maximum Gasteiger partial charge on any atom is 0.307 e. The van der Waals surface area contributed by atoms with Crippen molar-refractivity contribution in [2.75, 3.05) is 56.9 Å². The van der Waals surface area contributed by atoms with E-state index in [-0.39, 0.29) is 90.8 Å². The van der Waals surface area contributed by atoms with Gasteiger partial charge in [-0.15, -0.1) is 12.4 Å². The Balaban J connectivity index is 0.000000156. The number of benzene rings is 10. The van der Waals surface area contributed by atoms with Crippen molar-refractivity contribution in [3.63, 3.8) is 0 Å². The second-order valence-electron chi connectivity index (χ2n) is 32.0. The number of amides is 3. The minimum absolute atomic E-state index is 0. The van der Waals surface area contributed by atoms with Crippen molar-refractivity contribution in [2.45, 2.75) is 110 Å². The van der Waals surface area contributed by atoms with Crippen molar-refractivity contribution in [2.24, 2.45) is 41.2 Å². The minimum Gasteiger partial charge on any atom is -0.481 e. The number of esters is 3. The van der Waals surface area contributed by atoms with Crippen molar-refractivity contribution in [1.82, 2.24) is 5.32 Å². The molecule has 5 fully saturated rings. The number of carbonyl (C=O) groups excluding carboxylic acids is 6. The zero-order chi connectivity index (χ0) is 87.8. The van der Waals surface area contributed by atoms with E-state index in [1.54, 1.807) is 19.0 Å². The Morgan fingerprint density at radius 1 is 0.448 bits per heavy atom. The van der Waals surface area contributed by atoms with Crippen LogP contribution in [0.15, 0.2) is 320 Å². The van der Waals surface area contributed by atoms with Gasteiger partial charge in [-0.25, -0.2) is 0 Å². The number of anilines is 2. The first kappa shape index (κ1) is 95.3. The van der Waals surface area contributed by atoms with E-state index in [4.69, 9.17) is 45.8 Å². The average molecular weight is 1740 g/mol. The number of ether oxygens (including phenoxy) is 5. The molecule has 17 nitrogen and oxygen atoms in total. The summed E-state index contributed by atoms with van der Waals surface area (Å²) in [7, 11) is 3.42. The van der Waals surface area contributed by atoms with Crippen LogP contribution in [0.1, 0.15) is 113 Å². The molecule has 0 saturated heterocycles. The van der Waals surface area contributed by atoms with Gasteiger partial charge in [0.15, 0.2) is 0 Å². The number of nitrogens with zero attached hydrogens (tertiary/aromatic N) is 2. The summed E-state index contributed by atoms with van der Waals surface area (Å²) >= 11 is 8.04. The number of nitrogens with one attached hydrogen (secondary N) is 1. The van der Waals surface area contributed by atoms with Crippen LogP contribution in [0.3, 0.4) is 0 Å². The van der Waals surface area contributed by atoms with Crippen LogP contribution in [0.25, 0.3) is 18.2 Å². The van der Waals surface area contributed by atoms with Crippen molar-refractivity contribution < 1.29 is 62.4 Å². The maximum absolute atomic E-state index is 12.7. The zero-order valence-electron chi connectivity index (χ0n) is 71.8. The van der Waals surface area contributed by atoms with Gasteiger partial charge in [-0.2, -0.15) is 0 Å². The van der Waals surface area contributed by atoms with Gasteiger partial charge >= 0.3 is 190 Å². The normalized spacial score (nSPS) is 18.9. The van der Waals surface area contributed by atoms with E-state index >= 15 is 0 Å². The standard InChI is InChI=1S/C25H22ClP.C22H24N2O3.2C14H16O2.C12H12O2.C10H12N2O2.C8H12O2.ClH/c26-27(23-15-7-2-8-16-23,24-17-9-3-10-18-24,25-19-11-4-12-20-25)21-22-13-5-1-6-14-22;1-24-19-9-5-6-10-20(19)27-14-18(22(24)26)23-21(25)17-12-16(13-17)11-15-7-3-2-4-8-15;2*1-2-16-14(15)13-9-12(10-13)8-11-6-4-3-5-7-11;13-12(14)11-7-10(8-11)6-9-4-2-1-3-5-9;1-12-8-4-2-3-5-9(8)14-6-7(11)10(12)13;1-3-10-8(9)7-4-6(2)5-7;/h1-20H,21H2;2-10,16-18H,11-14H2,1H3,(H,23,25);2*3-8,13H,2,9-10H2,1H3;1-6,11H,7-8H2,(H,13,14);2-5,7H,6,11H2,1H3;7H,2-5H2,1H3;1H/t;16?,17?,18-;;;;7-;;/m.0...0../s1. The number of hydrogen-bond acceptors (Lipinski definition) is 13. The fourth-order valence-electron chi connectivity index (χ4n) is 15.8. The Morgan fingerprint density at radius 3 is 1.14 bits per heavy atom. The molecule has 5 saturated carbocycles. The summed E-state index contributed by atoms with van der Waals surface area (Å²) in [6.07, 6.45) is 16.5. The molecule has 17 rings (SSSR count). The topological polar surface area (TPSA) is 230 Å². The molecule has 2 heterocycles. The van der Waals surface area contributed by atoms with Crippen LogP contribution in [0.4, 0.5) is 11.4 Å². The molecule has 10 aromatic carbocycles. The molecule has 125 heavy (non-hydrogen) atoms. The number of carboxylic acids is 1. The number of fused-ring (bicyclic) bond motifs is 2. The SMILES string of the molecule is C=C1CC(C(=O)OCC)C1.CCOC(=O)C1CC(=Cc2ccccc2)C1.CCOC(=O)C1CC(=Cc2ccccc2)C1.CN1C(=O)[C@@H](N)COc2ccccc21.CN1C(=O)[C@@H](NC(=O)C2CC(Cc3ccccc3)C2)COc2ccccc21.Cl.ClP(Cc1ccccc1)(c1ccccc1)(c1ccccc1)c1ccccc1.O=C(O)C1CC(=Cc2ccccc2)C1. The Morgan fingerprint density at radius 2 is 0.768 bits per heavy atom. The first-order chi connectivity index (χ1) is 60.1. The molecule has 652 valence electrons. The molecular formula is C105H115Cl2N4O13P. The third kappa shape index (κ3) is 26.3. The van der Waals surface area contributed by atoms with E-state index in [0.717, 1.165) is 86.5 Å². The number of para-hydroxylation sites is 4. The van der Waals surface area contributed by atoms with Gasteiger partial charge in [-0.3, -0.25) is 33.6 Å². The number of carbonyl (C=O) groups is 7. The number of allylic oxidation sites excluding steroid dienone is 4. The first-order valence-electron chi connectivity index (χ1n) is 42.8. The fourth-order valence-corrected chi connectivity index (χ4v) is 21.9. The van der Waals surface area contributed by atoms with Crippen LogP contribution in [0.5, 0.6) is 11.5 Å². The summed E-state index contributed by atoms with van der Waals surface area (Å²) < 4.78 is 25.9. The summed E-state index contributed by atoms with van der Waals surface area (Å²) in [5.74, 6) is -2.29. The zero-order valence-corrected chi connectivity index (χ0v) is 74.3. The van der Waals surface area contributed by atoms with Gasteiger partial charge in [0.2, 0.25) is 11.8 Å². The predicted octanol–water partition coefficient (Wildman–Crippen LogP) is 19.6. The molecule has 0 unspecified atom stereocenters. The van der Waals surface area contributed by atoms with Crippen LogP contribution in [-0.2, 0) is 60.4 Å². The van der Waals surface area contributed by atoms with E-state index in [9.17, 15) is 33.6 Å². The second-order valence-corrected chi connectivity index (χ2v) is 38.5. The Bertz CT molecular complexity index is 5070. The van der Waals surface area contributed by atoms with Crippen LogP contribution < -0.4 is 46.2 Å². The number of likely N-dealkylation sites (N-methyl/N-ethyl adjacent to an activating group) is 2. The number of nitrogens with two attached hydrogens (primary N) is 1. The molecule has 20 heteroatoms. The van der Waals surface area contributed by atoms with E-state index in [1.807, 2.05) is 154 Å². The van der Waals surface area contributed by atoms with Gasteiger partial charge in [0.05, 0.1) is 54.9 Å². The molecule has 0 radical (unpaired) electrons. The van der Waals surface area contributed by atoms with Crippen LogP contribution in [-0.4, -0.2) is 106 Å². The predicted molar refractivity (Wildman–Crippen MR) is 506 cm³/mol. The van der Waals surface area contributed by atoms with Crippen LogP contribution >= 0.6 is 29.6 Å². The number of hydrogen-bond donors (Lipinski definition) is 3. The summed E-state index contributed by atoms with van der Waals surface area (Å²) in [5.41, 5.74) is 18.3.